The summed E-state index contributed by atoms with van der Waals surface area (Å²) < 4.78 is 30.0. The van der Waals surface area contributed by atoms with Crippen LogP contribution in [0, 0.1) is 0 Å². The van der Waals surface area contributed by atoms with Gasteiger partial charge in [-0.2, -0.15) is 0 Å². The molecule has 0 spiro atoms. The lowest BCUT2D eigenvalue weighted by atomic mass is 10.2. The standard InChI is InChI=1S/C20H23ClN2O4S/c1-27-18-4-2-3-17(15-18)22-10-12-23(13-11-22)20(24)9-14-28(25,26)19-7-5-16(21)6-8-19/h2-8,15H,9-14H2,1H3. The molecule has 0 atom stereocenters. The average Bonchev–Trinajstić information content (AvgIpc) is 2.72. The van der Waals surface area contributed by atoms with Gasteiger partial charge in [-0.05, 0) is 36.4 Å². The number of halogens is 1. The molecule has 28 heavy (non-hydrogen) atoms. The Labute approximate surface area is 170 Å². The molecule has 8 heteroatoms. The lowest BCUT2D eigenvalue weighted by molar-refractivity contribution is -0.131. The van der Waals surface area contributed by atoms with Gasteiger partial charge in [0.25, 0.3) is 0 Å². The molecule has 0 unspecified atom stereocenters. The summed E-state index contributed by atoms with van der Waals surface area (Å²) in [4.78, 5) is 16.6. The van der Waals surface area contributed by atoms with E-state index >= 15 is 0 Å². The van der Waals surface area contributed by atoms with Crippen molar-refractivity contribution in [2.75, 3.05) is 43.9 Å². The molecule has 1 heterocycles. The number of anilines is 1. The minimum atomic E-state index is -3.50. The van der Waals surface area contributed by atoms with Crippen LogP contribution in [0.4, 0.5) is 5.69 Å². The van der Waals surface area contributed by atoms with E-state index in [1.54, 1.807) is 12.0 Å². The Morgan fingerprint density at radius 1 is 1.07 bits per heavy atom. The van der Waals surface area contributed by atoms with Crippen molar-refractivity contribution in [2.24, 2.45) is 0 Å². The largest absolute Gasteiger partial charge is 0.497 e. The van der Waals surface area contributed by atoms with Gasteiger partial charge in [0.15, 0.2) is 9.84 Å². The van der Waals surface area contributed by atoms with Gasteiger partial charge in [0.05, 0.1) is 17.8 Å². The van der Waals surface area contributed by atoms with Crippen molar-refractivity contribution in [1.82, 2.24) is 4.90 Å². The number of piperazine rings is 1. The predicted octanol–water partition coefficient (Wildman–Crippen LogP) is 2.86. The summed E-state index contributed by atoms with van der Waals surface area (Å²) in [5.41, 5.74) is 1.05. The second-order valence-corrected chi connectivity index (χ2v) is 9.14. The van der Waals surface area contributed by atoms with Gasteiger partial charge in [0.2, 0.25) is 5.91 Å². The highest BCUT2D eigenvalue weighted by atomic mass is 35.5. The molecular formula is C20H23ClN2O4S. The zero-order valence-corrected chi connectivity index (χ0v) is 17.2. The molecule has 0 radical (unpaired) electrons. The first kappa shape index (κ1) is 20.5. The molecule has 150 valence electrons. The van der Waals surface area contributed by atoms with Crippen LogP contribution in [-0.2, 0) is 14.6 Å². The summed E-state index contributed by atoms with van der Waals surface area (Å²) in [7, 11) is -1.87. The maximum Gasteiger partial charge on any atom is 0.223 e. The summed E-state index contributed by atoms with van der Waals surface area (Å²) in [5.74, 6) is 0.454. The van der Waals surface area contributed by atoms with E-state index in [2.05, 4.69) is 4.90 Å². The van der Waals surface area contributed by atoms with Crippen molar-refractivity contribution in [3.8, 4) is 5.75 Å². The van der Waals surface area contributed by atoms with Gasteiger partial charge < -0.3 is 14.5 Å². The van der Waals surface area contributed by atoms with Crippen LogP contribution in [0.25, 0.3) is 0 Å². The molecule has 2 aromatic carbocycles. The van der Waals surface area contributed by atoms with Crippen LogP contribution in [-0.4, -0.2) is 58.3 Å². The molecule has 1 aliphatic rings. The van der Waals surface area contributed by atoms with Crippen LogP contribution in [0.15, 0.2) is 53.4 Å². The van der Waals surface area contributed by atoms with Crippen molar-refractivity contribution >= 4 is 33.0 Å². The summed E-state index contributed by atoms with van der Waals surface area (Å²) in [5, 5.41) is 0.476. The number of carbonyl (C=O) groups excluding carboxylic acids is 1. The maximum atomic E-state index is 12.5. The van der Waals surface area contributed by atoms with Crippen LogP contribution in [0.2, 0.25) is 5.02 Å². The topological polar surface area (TPSA) is 66.9 Å². The molecule has 0 bridgehead atoms. The van der Waals surface area contributed by atoms with Crippen molar-refractivity contribution in [2.45, 2.75) is 11.3 Å². The van der Waals surface area contributed by atoms with E-state index in [0.29, 0.717) is 31.2 Å². The first-order valence-corrected chi connectivity index (χ1v) is 11.1. The first-order chi connectivity index (χ1) is 13.4. The minimum Gasteiger partial charge on any atom is -0.497 e. The number of hydrogen-bond acceptors (Lipinski definition) is 5. The van der Waals surface area contributed by atoms with E-state index in [-0.39, 0.29) is 23.0 Å². The Hall–Kier alpha value is -2.25. The number of rotatable bonds is 6. The second-order valence-electron chi connectivity index (χ2n) is 6.59. The fourth-order valence-electron chi connectivity index (χ4n) is 3.16. The molecular weight excluding hydrogens is 400 g/mol. The molecule has 2 aromatic rings. The van der Waals surface area contributed by atoms with Gasteiger partial charge in [-0.15, -0.1) is 0 Å². The summed E-state index contributed by atoms with van der Waals surface area (Å²) in [6.45, 7) is 2.53. The fraction of sp³-hybridized carbons (Fsp3) is 0.350. The molecule has 0 aliphatic carbocycles. The Bertz CT molecular complexity index is 923. The van der Waals surface area contributed by atoms with Gasteiger partial charge >= 0.3 is 0 Å². The van der Waals surface area contributed by atoms with Crippen molar-refractivity contribution < 1.29 is 17.9 Å². The van der Waals surface area contributed by atoms with Crippen molar-refractivity contribution in [1.29, 1.82) is 0 Å². The number of benzene rings is 2. The summed E-state index contributed by atoms with van der Waals surface area (Å²) in [6.07, 6.45) is -0.0237. The molecule has 3 rings (SSSR count). The Kier molecular flexibility index (Phi) is 6.46. The van der Waals surface area contributed by atoms with E-state index in [0.717, 1.165) is 11.4 Å². The second kappa shape index (κ2) is 8.84. The highest BCUT2D eigenvalue weighted by molar-refractivity contribution is 7.91. The Morgan fingerprint density at radius 2 is 1.75 bits per heavy atom. The lowest BCUT2D eigenvalue weighted by Crippen LogP contribution is -2.49. The van der Waals surface area contributed by atoms with Crippen LogP contribution < -0.4 is 9.64 Å². The minimum absolute atomic E-state index is 0.0237. The number of methoxy groups -OCH3 is 1. The molecule has 1 amide bonds. The van der Waals surface area contributed by atoms with Crippen molar-refractivity contribution in [3.05, 3.63) is 53.6 Å². The summed E-state index contributed by atoms with van der Waals surface area (Å²) in [6, 6.07) is 13.8. The van der Waals surface area contributed by atoms with Gasteiger partial charge in [0.1, 0.15) is 5.75 Å². The third kappa shape index (κ3) is 4.97. The van der Waals surface area contributed by atoms with Crippen LogP contribution in [0.3, 0.4) is 0 Å². The SMILES string of the molecule is COc1cccc(N2CCN(C(=O)CCS(=O)(=O)c3ccc(Cl)cc3)CC2)c1. The molecule has 6 nitrogen and oxygen atoms in total. The molecule has 1 saturated heterocycles. The lowest BCUT2D eigenvalue weighted by Gasteiger charge is -2.36. The fourth-order valence-corrected chi connectivity index (χ4v) is 4.52. The van der Waals surface area contributed by atoms with E-state index in [4.69, 9.17) is 16.3 Å². The quantitative estimate of drug-likeness (QED) is 0.716. The molecule has 0 aromatic heterocycles. The molecule has 1 aliphatic heterocycles. The number of carbonyl (C=O) groups is 1. The van der Waals surface area contributed by atoms with E-state index in [9.17, 15) is 13.2 Å². The summed E-state index contributed by atoms with van der Waals surface area (Å²) >= 11 is 5.80. The van der Waals surface area contributed by atoms with Crippen LogP contribution >= 0.6 is 11.6 Å². The van der Waals surface area contributed by atoms with Crippen LogP contribution in [0.5, 0.6) is 5.75 Å². The maximum absolute atomic E-state index is 12.5. The highest BCUT2D eigenvalue weighted by Crippen LogP contribution is 2.22. The highest BCUT2D eigenvalue weighted by Gasteiger charge is 2.23. The predicted molar refractivity (Wildman–Crippen MR) is 110 cm³/mol. The average molecular weight is 423 g/mol. The monoisotopic (exact) mass is 422 g/mol. The zero-order valence-electron chi connectivity index (χ0n) is 15.7. The van der Waals surface area contributed by atoms with Gasteiger partial charge in [-0.1, -0.05) is 17.7 Å². The van der Waals surface area contributed by atoms with E-state index in [1.165, 1.54) is 24.3 Å². The number of hydrogen-bond donors (Lipinski definition) is 0. The number of nitrogens with zero attached hydrogens (tertiary/aromatic N) is 2. The van der Waals surface area contributed by atoms with E-state index in [1.807, 2.05) is 24.3 Å². The number of ether oxygens (including phenoxy) is 1. The Morgan fingerprint density at radius 3 is 2.39 bits per heavy atom. The molecule has 0 saturated carbocycles. The van der Waals surface area contributed by atoms with Gasteiger partial charge in [0, 0.05) is 49.4 Å². The number of amides is 1. The van der Waals surface area contributed by atoms with Crippen molar-refractivity contribution in [3.63, 3.8) is 0 Å². The van der Waals surface area contributed by atoms with E-state index < -0.39 is 9.84 Å². The zero-order chi connectivity index (χ0) is 20.1. The van der Waals surface area contributed by atoms with Gasteiger partial charge in [-0.25, -0.2) is 8.42 Å². The number of sulfone groups is 1. The normalized spacial score (nSPS) is 14.8. The molecule has 0 N–H and O–H groups in total. The third-order valence-corrected chi connectivity index (χ3v) is 6.79. The third-order valence-electron chi connectivity index (χ3n) is 4.81. The smallest absolute Gasteiger partial charge is 0.223 e. The first-order valence-electron chi connectivity index (χ1n) is 9.04. The Balaban J connectivity index is 1.53. The van der Waals surface area contributed by atoms with Gasteiger partial charge in [-0.3, -0.25) is 4.79 Å². The van der Waals surface area contributed by atoms with Crippen LogP contribution in [0.1, 0.15) is 6.42 Å². The molecule has 1 fully saturated rings.